The number of nitrogens with zero attached hydrogens (tertiary/aromatic N) is 3. The van der Waals surface area contributed by atoms with Gasteiger partial charge in [0.1, 0.15) is 17.3 Å². The fraction of sp³-hybridized carbons (Fsp3) is 0.333. The largest absolute Gasteiger partial charge is 0.497 e. The van der Waals surface area contributed by atoms with Crippen LogP contribution in [0.2, 0.25) is 0 Å². The first kappa shape index (κ1) is 22.3. The lowest BCUT2D eigenvalue weighted by molar-refractivity contribution is -0.136. The van der Waals surface area contributed by atoms with Gasteiger partial charge in [0.05, 0.1) is 43.3 Å². The molecule has 1 unspecified atom stereocenters. The number of methoxy groups -OCH3 is 2. The molecular weight excluding hydrogens is 424 g/mol. The fourth-order valence-electron chi connectivity index (χ4n) is 4.11. The van der Waals surface area contributed by atoms with Crippen molar-refractivity contribution in [3.8, 4) is 11.5 Å². The lowest BCUT2D eigenvalue weighted by Gasteiger charge is -2.24. The predicted molar refractivity (Wildman–Crippen MR) is 123 cm³/mol. The van der Waals surface area contributed by atoms with Crippen molar-refractivity contribution in [2.75, 3.05) is 32.2 Å². The van der Waals surface area contributed by atoms with Crippen LogP contribution >= 0.6 is 0 Å². The Hall–Kier alpha value is -3.88. The third-order valence-electron chi connectivity index (χ3n) is 5.85. The van der Waals surface area contributed by atoms with E-state index in [1.165, 1.54) is 7.11 Å². The number of ether oxygens (including phenoxy) is 2. The highest BCUT2D eigenvalue weighted by molar-refractivity contribution is 6.01. The summed E-state index contributed by atoms with van der Waals surface area (Å²) in [4.78, 5) is 48.9. The number of para-hydroxylation sites is 1. The topological polar surface area (TPSA) is 105 Å². The summed E-state index contributed by atoms with van der Waals surface area (Å²) in [5, 5.41) is 0.500. The maximum atomic E-state index is 13.3. The maximum Gasteiger partial charge on any atom is 0.258 e. The van der Waals surface area contributed by atoms with E-state index in [1.54, 1.807) is 53.3 Å². The van der Waals surface area contributed by atoms with E-state index in [2.05, 4.69) is 9.97 Å². The summed E-state index contributed by atoms with van der Waals surface area (Å²) in [6.07, 6.45) is 0.0946. The van der Waals surface area contributed by atoms with Crippen LogP contribution in [0.25, 0.3) is 10.9 Å². The molecule has 0 radical (unpaired) electrons. The van der Waals surface area contributed by atoms with Crippen molar-refractivity contribution in [3.63, 3.8) is 0 Å². The van der Waals surface area contributed by atoms with E-state index in [9.17, 15) is 14.4 Å². The Morgan fingerprint density at radius 2 is 1.97 bits per heavy atom. The minimum absolute atomic E-state index is 0.0946. The van der Waals surface area contributed by atoms with Crippen LogP contribution < -0.4 is 19.9 Å². The molecule has 1 saturated heterocycles. The van der Waals surface area contributed by atoms with E-state index in [0.29, 0.717) is 40.5 Å². The number of amides is 2. The second-order valence-electron chi connectivity index (χ2n) is 7.83. The summed E-state index contributed by atoms with van der Waals surface area (Å²) in [6.45, 7) is 2.67. The zero-order valence-electron chi connectivity index (χ0n) is 18.8. The second kappa shape index (κ2) is 9.32. The summed E-state index contributed by atoms with van der Waals surface area (Å²) in [5.74, 6) is 0.696. The number of carbonyl (C=O) groups is 2. The van der Waals surface area contributed by atoms with Crippen LogP contribution in [-0.2, 0) is 16.1 Å². The average Bonchev–Trinajstić information content (AvgIpc) is 3.23. The van der Waals surface area contributed by atoms with E-state index in [1.807, 2.05) is 13.0 Å². The first-order valence-corrected chi connectivity index (χ1v) is 10.7. The number of rotatable bonds is 7. The van der Waals surface area contributed by atoms with Gasteiger partial charge in [0.15, 0.2) is 0 Å². The average molecular weight is 450 g/mol. The van der Waals surface area contributed by atoms with Crippen LogP contribution in [-0.4, -0.2) is 54.0 Å². The molecule has 4 rings (SSSR count). The van der Waals surface area contributed by atoms with Gasteiger partial charge in [-0.1, -0.05) is 12.1 Å². The highest BCUT2D eigenvalue weighted by atomic mass is 16.5. The van der Waals surface area contributed by atoms with E-state index >= 15 is 0 Å². The Morgan fingerprint density at radius 3 is 2.70 bits per heavy atom. The number of fused-ring (bicyclic) bond motifs is 1. The van der Waals surface area contributed by atoms with Gasteiger partial charge < -0.3 is 24.3 Å². The molecule has 1 atom stereocenters. The second-order valence-corrected chi connectivity index (χ2v) is 7.83. The molecule has 172 valence electrons. The van der Waals surface area contributed by atoms with Crippen molar-refractivity contribution >= 4 is 28.4 Å². The Balaban J connectivity index is 1.54. The zero-order valence-corrected chi connectivity index (χ0v) is 18.8. The Bertz CT molecular complexity index is 1260. The van der Waals surface area contributed by atoms with Crippen molar-refractivity contribution in [1.82, 2.24) is 14.9 Å². The summed E-state index contributed by atoms with van der Waals surface area (Å²) in [6, 6.07) is 12.3. The number of hydrogen-bond donors (Lipinski definition) is 1. The molecule has 9 heteroatoms. The van der Waals surface area contributed by atoms with Crippen LogP contribution in [0.3, 0.4) is 0 Å². The normalized spacial score (nSPS) is 15.7. The molecule has 1 aliphatic rings. The standard InChI is InChI=1S/C24H26N4O5/c1-4-27(14-21-25-18-8-6-5-7-17(18)23(30)26-21)24(31)15-11-22(29)28(13-15)19-12-16(32-2)9-10-20(19)33-3/h5-10,12,15H,4,11,13-14H2,1-3H3,(H,25,26,30). The van der Waals surface area contributed by atoms with Crippen LogP contribution in [0.5, 0.6) is 11.5 Å². The number of benzene rings is 2. The van der Waals surface area contributed by atoms with Crippen molar-refractivity contribution in [2.24, 2.45) is 5.92 Å². The minimum Gasteiger partial charge on any atom is -0.497 e. The van der Waals surface area contributed by atoms with Crippen LogP contribution in [0.4, 0.5) is 5.69 Å². The molecule has 0 spiro atoms. The molecule has 1 aromatic heterocycles. The Kier molecular flexibility index (Phi) is 6.30. The Morgan fingerprint density at radius 1 is 1.18 bits per heavy atom. The number of H-pyrrole nitrogens is 1. The monoisotopic (exact) mass is 450 g/mol. The first-order chi connectivity index (χ1) is 15.9. The fourth-order valence-corrected chi connectivity index (χ4v) is 4.11. The third-order valence-corrected chi connectivity index (χ3v) is 5.85. The molecule has 2 aromatic carbocycles. The van der Waals surface area contributed by atoms with Gasteiger partial charge in [0, 0.05) is 25.6 Å². The number of anilines is 1. The number of aromatic amines is 1. The van der Waals surface area contributed by atoms with Gasteiger partial charge in [-0.15, -0.1) is 0 Å². The molecule has 0 aliphatic carbocycles. The lowest BCUT2D eigenvalue weighted by atomic mass is 10.1. The molecule has 9 nitrogen and oxygen atoms in total. The van der Waals surface area contributed by atoms with Gasteiger partial charge in [0.2, 0.25) is 11.8 Å². The summed E-state index contributed by atoms with van der Waals surface area (Å²) >= 11 is 0. The van der Waals surface area contributed by atoms with Gasteiger partial charge in [0.25, 0.3) is 5.56 Å². The molecule has 33 heavy (non-hydrogen) atoms. The number of carbonyl (C=O) groups excluding carboxylic acids is 2. The minimum atomic E-state index is -0.513. The highest BCUT2D eigenvalue weighted by Gasteiger charge is 2.38. The van der Waals surface area contributed by atoms with Crippen molar-refractivity contribution in [1.29, 1.82) is 0 Å². The SMILES string of the molecule is CCN(Cc1nc2ccccc2c(=O)[nH]1)C(=O)C1CC(=O)N(c2cc(OC)ccc2OC)C1. The highest BCUT2D eigenvalue weighted by Crippen LogP contribution is 2.36. The first-order valence-electron chi connectivity index (χ1n) is 10.7. The number of aromatic nitrogens is 2. The number of nitrogens with one attached hydrogen (secondary N) is 1. The smallest absolute Gasteiger partial charge is 0.258 e. The van der Waals surface area contributed by atoms with E-state index in [4.69, 9.17) is 9.47 Å². The van der Waals surface area contributed by atoms with Crippen molar-refractivity contribution in [2.45, 2.75) is 19.9 Å². The van der Waals surface area contributed by atoms with E-state index < -0.39 is 5.92 Å². The summed E-state index contributed by atoms with van der Waals surface area (Å²) < 4.78 is 10.7. The molecule has 0 bridgehead atoms. The van der Waals surface area contributed by atoms with Gasteiger partial charge >= 0.3 is 0 Å². The zero-order chi connectivity index (χ0) is 23.5. The third kappa shape index (κ3) is 4.39. The van der Waals surface area contributed by atoms with Crippen LogP contribution in [0.15, 0.2) is 47.3 Å². The van der Waals surface area contributed by atoms with Gasteiger partial charge in [-0.05, 0) is 31.2 Å². The lowest BCUT2D eigenvalue weighted by Crippen LogP contribution is -2.37. The predicted octanol–water partition coefficient (Wildman–Crippen LogP) is 2.34. The van der Waals surface area contributed by atoms with Crippen molar-refractivity contribution < 1.29 is 19.1 Å². The van der Waals surface area contributed by atoms with Gasteiger partial charge in [-0.2, -0.15) is 0 Å². The molecular formula is C24H26N4O5. The van der Waals surface area contributed by atoms with Gasteiger partial charge in [-0.25, -0.2) is 4.98 Å². The molecule has 2 amide bonds. The van der Waals surface area contributed by atoms with E-state index in [-0.39, 0.29) is 36.9 Å². The summed E-state index contributed by atoms with van der Waals surface area (Å²) in [5.41, 5.74) is 0.902. The van der Waals surface area contributed by atoms with Gasteiger partial charge in [-0.3, -0.25) is 14.4 Å². The molecule has 1 aliphatic heterocycles. The number of hydrogen-bond acceptors (Lipinski definition) is 6. The molecule has 2 heterocycles. The molecule has 1 fully saturated rings. The van der Waals surface area contributed by atoms with Crippen LogP contribution in [0, 0.1) is 5.92 Å². The summed E-state index contributed by atoms with van der Waals surface area (Å²) in [7, 11) is 3.08. The molecule has 3 aromatic rings. The molecule has 1 N–H and O–H groups in total. The maximum absolute atomic E-state index is 13.3. The quantitative estimate of drug-likeness (QED) is 0.593. The van der Waals surface area contributed by atoms with Crippen LogP contribution in [0.1, 0.15) is 19.2 Å². The Labute approximate surface area is 190 Å². The van der Waals surface area contributed by atoms with Crippen molar-refractivity contribution in [3.05, 3.63) is 58.6 Å². The molecule has 0 saturated carbocycles. The van der Waals surface area contributed by atoms with E-state index in [0.717, 1.165) is 0 Å².